The molecule has 0 spiro atoms. The molecule has 47 heavy (non-hydrogen) atoms. The van der Waals surface area contributed by atoms with Crippen molar-refractivity contribution < 1.29 is 83.4 Å². The third-order valence-corrected chi connectivity index (χ3v) is 9.17. The summed E-state index contributed by atoms with van der Waals surface area (Å²) in [5.41, 5.74) is -0.792. The summed E-state index contributed by atoms with van der Waals surface area (Å²) in [6, 6.07) is 3.59. The third kappa shape index (κ3) is 24.1. The SMILES string of the molecule is C=CCCCCCCCCCCCCCOC(=O)c1cccc(S(=O)(=O)[O-])c1C(=O)OCCCCCCCCCCCCCC=C.[K+]. The van der Waals surface area contributed by atoms with Crippen molar-refractivity contribution in [2.75, 3.05) is 13.2 Å². The number of rotatable bonds is 31. The van der Waals surface area contributed by atoms with Gasteiger partial charge in [0.15, 0.2) is 0 Å². The summed E-state index contributed by atoms with van der Waals surface area (Å²) in [6.07, 6.45) is 31.1. The third-order valence-electron chi connectivity index (χ3n) is 8.29. The van der Waals surface area contributed by atoms with E-state index >= 15 is 0 Å². The van der Waals surface area contributed by atoms with Crippen LogP contribution in [0.4, 0.5) is 0 Å². The van der Waals surface area contributed by atoms with Crippen LogP contribution in [0.15, 0.2) is 48.4 Å². The van der Waals surface area contributed by atoms with E-state index in [0.717, 1.165) is 57.4 Å². The molecule has 0 amide bonds. The molecule has 0 saturated heterocycles. The number of hydrogen-bond donors (Lipinski definition) is 0. The van der Waals surface area contributed by atoms with Gasteiger partial charge in [-0.25, -0.2) is 18.0 Å². The van der Waals surface area contributed by atoms with E-state index in [4.69, 9.17) is 9.47 Å². The molecule has 1 aromatic carbocycles. The molecule has 7 nitrogen and oxygen atoms in total. The first-order valence-corrected chi connectivity index (χ1v) is 19.4. The Labute approximate surface area is 329 Å². The second-order valence-electron chi connectivity index (χ2n) is 12.3. The Morgan fingerprint density at radius 3 is 1.28 bits per heavy atom. The number of carbonyl (C=O) groups excluding carboxylic acids is 2. The summed E-state index contributed by atoms with van der Waals surface area (Å²) < 4.78 is 46.4. The second kappa shape index (κ2) is 31.2. The molecule has 0 N–H and O–H groups in total. The summed E-state index contributed by atoms with van der Waals surface area (Å²) in [6.45, 7) is 7.75. The Balaban J connectivity index is 0.0000212. The summed E-state index contributed by atoms with van der Waals surface area (Å²) in [5, 5.41) is 0. The van der Waals surface area contributed by atoms with Crippen LogP contribution in [0.2, 0.25) is 0 Å². The molecule has 0 heterocycles. The van der Waals surface area contributed by atoms with Crippen LogP contribution in [0.3, 0.4) is 0 Å². The molecule has 0 bridgehead atoms. The Kier molecular flexibility index (Phi) is 30.6. The molecule has 262 valence electrons. The van der Waals surface area contributed by atoms with E-state index in [-0.39, 0.29) is 70.2 Å². The van der Waals surface area contributed by atoms with Gasteiger partial charge in [0.25, 0.3) is 0 Å². The molecule has 0 saturated carbocycles. The molecule has 0 fully saturated rings. The van der Waals surface area contributed by atoms with Crippen LogP contribution in [-0.4, -0.2) is 38.1 Å². The van der Waals surface area contributed by atoms with Gasteiger partial charge in [0.2, 0.25) is 0 Å². The normalized spacial score (nSPS) is 11.1. The van der Waals surface area contributed by atoms with Gasteiger partial charge >= 0.3 is 63.3 Å². The molecule has 9 heteroatoms. The van der Waals surface area contributed by atoms with E-state index in [1.54, 1.807) is 0 Å². The number of carbonyl (C=O) groups is 2. The summed E-state index contributed by atoms with van der Waals surface area (Å²) in [7, 11) is -5.01. The summed E-state index contributed by atoms with van der Waals surface area (Å²) >= 11 is 0. The zero-order valence-corrected chi connectivity index (χ0v) is 33.4. The Hall–Kier alpha value is -0.814. The number of esters is 2. The van der Waals surface area contributed by atoms with Crippen LogP contribution >= 0.6 is 0 Å². The molecule has 1 rings (SSSR count). The average Bonchev–Trinajstić information content (AvgIpc) is 3.04. The van der Waals surface area contributed by atoms with Crippen LogP contribution < -0.4 is 51.4 Å². The summed E-state index contributed by atoms with van der Waals surface area (Å²) in [4.78, 5) is 25.0. The first kappa shape index (κ1) is 46.2. The van der Waals surface area contributed by atoms with Gasteiger partial charge in [-0.05, 0) is 50.7 Å². The minimum atomic E-state index is -5.01. The Morgan fingerprint density at radius 1 is 0.574 bits per heavy atom. The monoisotopic (exact) mass is 700 g/mol. The zero-order chi connectivity index (χ0) is 33.7. The van der Waals surface area contributed by atoms with E-state index in [2.05, 4.69) is 13.2 Å². The molecule has 0 aliphatic carbocycles. The molecule has 0 unspecified atom stereocenters. The van der Waals surface area contributed by atoms with Crippen molar-refractivity contribution in [2.24, 2.45) is 0 Å². The average molecular weight is 701 g/mol. The van der Waals surface area contributed by atoms with Crippen LogP contribution in [0.1, 0.15) is 175 Å². The standard InChI is InChI=1S/C38H62O7S.K/c1-3-5-7-9-11-13-15-17-19-21-23-25-27-32-44-37(39)34-30-29-31-35(46(41,42)43)36(34)38(40)45-33-28-26-24-22-20-18-16-14-12-10-8-6-4-2;/h3-4,29-31H,1-2,5-28,32-33H2,(H,41,42,43);/q;+1/p-1. The maximum absolute atomic E-state index is 12.9. The number of unbranched alkanes of at least 4 members (excludes halogenated alkanes) is 22. The first-order valence-electron chi connectivity index (χ1n) is 18.0. The second-order valence-corrected chi connectivity index (χ2v) is 13.7. The molecule has 0 aliphatic rings. The smallest absolute Gasteiger partial charge is 0.744 e. The van der Waals surface area contributed by atoms with Gasteiger partial charge in [-0.15, -0.1) is 13.2 Å². The van der Waals surface area contributed by atoms with Crippen molar-refractivity contribution in [3.8, 4) is 0 Å². The fourth-order valence-corrected chi connectivity index (χ4v) is 6.25. The van der Waals surface area contributed by atoms with Gasteiger partial charge in [0.05, 0.1) is 29.2 Å². The predicted octanol–water partition coefficient (Wildman–Crippen LogP) is 7.64. The van der Waals surface area contributed by atoms with Gasteiger partial charge < -0.3 is 14.0 Å². The van der Waals surface area contributed by atoms with Crippen molar-refractivity contribution >= 4 is 22.1 Å². The minimum absolute atomic E-state index is 0. The zero-order valence-electron chi connectivity index (χ0n) is 29.5. The van der Waals surface area contributed by atoms with Gasteiger partial charge in [-0.3, -0.25) is 0 Å². The van der Waals surface area contributed by atoms with Gasteiger partial charge in [-0.1, -0.05) is 134 Å². The van der Waals surface area contributed by atoms with Crippen LogP contribution in [0.25, 0.3) is 0 Å². The Morgan fingerprint density at radius 2 is 0.915 bits per heavy atom. The topological polar surface area (TPSA) is 110 Å². The number of ether oxygens (including phenoxy) is 2. The molecule has 0 aliphatic heterocycles. The van der Waals surface area contributed by atoms with Crippen LogP contribution in [0.5, 0.6) is 0 Å². The molecular weight excluding hydrogens is 640 g/mol. The molecule has 0 radical (unpaired) electrons. The fourth-order valence-electron chi connectivity index (χ4n) is 5.56. The van der Waals surface area contributed by atoms with Gasteiger partial charge in [0.1, 0.15) is 10.1 Å². The van der Waals surface area contributed by atoms with E-state index < -0.39 is 32.5 Å². The maximum atomic E-state index is 12.9. The first-order chi connectivity index (χ1) is 22.3. The number of allylic oxidation sites excluding steroid dienone is 2. The van der Waals surface area contributed by atoms with E-state index in [1.807, 2.05) is 12.2 Å². The van der Waals surface area contributed by atoms with E-state index in [9.17, 15) is 22.6 Å². The van der Waals surface area contributed by atoms with Crippen LogP contribution in [-0.2, 0) is 19.6 Å². The quantitative estimate of drug-likeness (QED) is 0.0257. The maximum Gasteiger partial charge on any atom is 1.00 e. The number of benzene rings is 1. The molecular formula is C38H61KO7S. The molecule has 1 aromatic rings. The van der Waals surface area contributed by atoms with Crippen molar-refractivity contribution in [2.45, 2.75) is 159 Å². The number of hydrogen-bond acceptors (Lipinski definition) is 7. The van der Waals surface area contributed by atoms with Crippen molar-refractivity contribution in [1.82, 2.24) is 0 Å². The summed E-state index contributed by atoms with van der Waals surface area (Å²) in [5.74, 6) is -1.82. The largest absolute Gasteiger partial charge is 1.00 e. The van der Waals surface area contributed by atoms with E-state index in [0.29, 0.717) is 12.8 Å². The molecule has 0 atom stereocenters. The predicted molar refractivity (Wildman–Crippen MR) is 186 cm³/mol. The van der Waals surface area contributed by atoms with Crippen molar-refractivity contribution in [3.05, 3.63) is 54.6 Å². The van der Waals surface area contributed by atoms with Gasteiger partial charge in [0, 0.05) is 0 Å². The minimum Gasteiger partial charge on any atom is -0.744 e. The van der Waals surface area contributed by atoms with Gasteiger partial charge in [-0.2, -0.15) is 0 Å². The van der Waals surface area contributed by atoms with E-state index in [1.165, 1.54) is 102 Å². The molecule has 0 aromatic heterocycles. The fraction of sp³-hybridized carbons (Fsp3) is 0.684. The van der Waals surface area contributed by atoms with Crippen molar-refractivity contribution in [1.29, 1.82) is 0 Å². The Bertz CT molecular complexity index is 1090. The van der Waals surface area contributed by atoms with Crippen molar-refractivity contribution in [3.63, 3.8) is 0 Å². The van der Waals surface area contributed by atoms with Crippen LogP contribution in [0, 0.1) is 0 Å².